The van der Waals surface area contributed by atoms with Gasteiger partial charge in [-0.05, 0) is 68.1 Å². The summed E-state index contributed by atoms with van der Waals surface area (Å²) in [5.74, 6) is 0.234. The number of rotatable bonds is 5. The van der Waals surface area contributed by atoms with Crippen molar-refractivity contribution in [1.29, 1.82) is 0 Å². The van der Waals surface area contributed by atoms with Gasteiger partial charge in [0.05, 0.1) is 11.1 Å². The molecule has 5 heteroatoms. The number of aryl methyl sites for hydroxylation is 3. The fraction of sp³-hybridized carbons (Fsp3) is 0.316. The highest BCUT2D eigenvalue weighted by molar-refractivity contribution is 6.35. The molecular weight excluding hydrogens is 345 g/mol. The topological polar surface area (TPSA) is 38.3 Å². The van der Waals surface area contributed by atoms with E-state index >= 15 is 0 Å². The molecule has 0 aliphatic carbocycles. The molecule has 2 rings (SSSR count). The van der Waals surface area contributed by atoms with E-state index < -0.39 is 0 Å². The Balaban J connectivity index is 1.98. The van der Waals surface area contributed by atoms with E-state index in [2.05, 4.69) is 38.2 Å². The van der Waals surface area contributed by atoms with Crippen molar-refractivity contribution in [2.75, 3.05) is 6.61 Å². The number of carbonyl (C=O) groups excluding carboxylic acids is 1. The molecule has 0 saturated heterocycles. The summed E-state index contributed by atoms with van der Waals surface area (Å²) in [5, 5.41) is 3.86. The summed E-state index contributed by atoms with van der Waals surface area (Å²) in [7, 11) is 0. The van der Waals surface area contributed by atoms with Crippen LogP contribution in [0.25, 0.3) is 0 Å². The molecule has 0 aliphatic rings. The van der Waals surface area contributed by atoms with E-state index in [1.54, 1.807) is 18.2 Å². The lowest BCUT2D eigenvalue weighted by atomic mass is 9.96. The van der Waals surface area contributed by atoms with Gasteiger partial charge < -0.3 is 10.1 Å². The fourth-order valence-electron chi connectivity index (χ4n) is 2.55. The van der Waals surface area contributed by atoms with Gasteiger partial charge in [0.25, 0.3) is 5.91 Å². The first kappa shape index (κ1) is 18.6. The first-order valence-corrected chi connectivity index (χ1v) is 8.48. The largest absolute Gasteiger partial charge is 0.482 e. The molecule has 2 aromatic carbocycles. The molecule has 3 nitrogen and oxygen atoms in total. The standard InChI is InChI=1S/C19H21Cl2NO2/c1-11-7-13(3)16(8-12(11)2)14(4)22-19(23)10-24-18-6-5-15(20)9-17(18)21/h5-9,14H,10H2,1-4H3,(H,22,23). The van der Waals surface area contributed by atoms with Crippen molar-refractivity contribution >= 4 is 29.1 Å². The van der Waals surface area contributed by atoms with Crippen LogP contribution in [0, 0.1) is 20.8 Å². The van der Waals surface area contributed by atoms with Gasteiger partial charge in [-0.3, -0.25) is 4.79 Å². The summed E-state index contributed by atoms with van der Waals surface area (Å²) >= 11 is 11.9. The maximum absolute atomic E-state index is 12.1. The monoisotopic (exact) mass is 365 g/mol. The molecule has 0 aliphatic heterocycles. The van der Waals surface area contributed by atoms with Crippen LogP contribution in [0.3, 0.4) is 0 Å². The predicted octanol–water partition coefficient (Wildman–Crippen LogP) is 5.17. The second-order valence-electron chi connectivity index (χ2n) is 5.95. The molecule has 0 saturated carbocycles. The number of nitrogens with one attached hydrogen (secondary N) is 1. The first-order chi connectivity index (χ1) is 11.3. The number of hydrogen-bond donors (Lipinski definition) is 1. The van der Waals surface area contributed by atoms with Crippen molar-refractivity contribution in [2.24, 2.45) is 0 Å². The van der Waals surface area contributed by atoms with E-state index in [0.29, 0.717) is 15.8 Å². The predicted molar refractivity (Wildman–Crippen MR) is 99.2 cm³/mol. The highest BCUT2D eigenvalue weighted by Crippen LogP contribution is 2.27. The van der Waals surface area contributed by atoms with Gasteiger partial charge in [-0.2, -0.15) is 0 Å². The van der Waals surface area contributed by atoms with Crippen LogP contribution in [0.5, 0.6) is 5.75 Å². The number of benzene rings is 2. The molecule has 1 amide bonds. The van der Waals surface area contributed by atoms with Crippen molar-refractivity contribution in [1.82, 2.24) is 5.32 Å². The summed E-state index contributed by atoms with van der Waals surface area (Å²) in [4.78, 5) is 12.1. The Morgan fingerprint density at radius 1 is 1.08 bits per heavy atom. The molecule has 2 aromatic rings. The minimum atomic E-state index is -0.203. The van der Waals surface area contributed by atoms with E-state index in [4.69, 9.17) is 27.9 Å². The van der Waals surface area contributed by atoms with Crippen LogP contribution in [0.4, 0.5) is 0 Å². The zero-order valence-electron chi connectivity index (χ0n) is 14.2. The van der Waals surface area contributed by atoms with Crippen LogP contribution in [0.1, 0.15) is 35.2 Å². The molecular formula is C19H21Cl2NO2. The van der Waals surface area contributed by atoms with Gasteiger partial charge >= 0.3 is 0 Å². The van der Waals surface area contributed by atoms with Crippen LogP contribution in [-0.2, 0) is 4.79 Å². The van der Waals surface area contributed by atoms with E-state index in [0.717, 1.165) is 11.1 Å². The van der Waals surface area contributed by atoms with E-state index in [9.17, 15) is 4.79 Å². The van der Waals surface area contributed by atoms with Gasteiger partial charge in [0, 0.05) is 5.02 Å². The summed E-state index contributed by atoms with van der Waals surface area (Å²) in [6, 6.07) is 9.05. The molecule has 0 fully saturated rings. The Labute approximate surface area is 152 Å². The summed E-state index contributed by atoms with van der Waals surface area (Å²) in [6.45, 7) is 8.06. The molecule has 0 spiro atoms. The average Bonchev–Trinajstić information content (AvgIpc) is 2.50. The smallest absolute Gasteiger partial charge is 0.258 e. The summed E-state index contributed by atoms with van der Waals surface area (Å²) in [6.07, 6.45) is 0. The molecule has 1 unspecified atom stereocenters. The fourth-order valence-corrected chi connectivity index (χ4v) is 3.01. The molecule has 0 bridgehead atoms. The number of amides is 1. The lowest BCUT2D eigenvalue weighted by molar-refractivity contribution is -0.123. The van der Waals surface area contributed by atoms with Gasteiger partial charge in [-0.1, -0.05) is 35.3 Å². The molecule has 128 valence electrons. The Morgan fingerprint density at radius 3 is 2.42 bits per heavy atom. The molecule has 24 heavy (non-hydrogen) atoms. The van der Waals surface area contributed by atoms with E-state index in [1.807, 2.05) is 6.92 Å². The average molecular weight is 366 g/mol. The normalized spacial score (nSPS) is 11.9. The van der Waals surface area contributed by atoms with Gasteiger partial charge in [-0.25, -0.2) is 0 Å². The maximum atomic E-state index is 12.1. The second-order valence-corrected chi connectivity index (χ2v) is 6.79. The summed E-state index contributed by atoms with van der Waals surface area (Å²) < 4.78 is 5.46. The Morgan fingerprint density at radius 2 is 1.75 bits per heavy atom. The van der Waals surface area contributed by atoms with Crippen molar-refractivity contribution in [3.8, 4) is 5.75 Å². The number of hydrogen-bond acceptors (Lipinski definition) is 2. The van der Waals surface area contributed by atoms with Crippen LogP contribution < -0.4 is 10.1 Å². The lowest BCUT2D eigenvalue weighted by Crippen LogP contribution is -2.31. The summed E-state index contributed by atoms with van der Waals surface area (Å²) in [5.41, 5.74) is 4.72. The maximum Gasteiger partial charge on any atom is 0.258 e. The second kappa shape index (κ2) is 7.91. The quantitative estimate of drug-likeness (QED) is 0.792. The van der Waals surface area contributed by atoms with Crippen LogP contribution in [0.2, 0.25) is 10.0 Å². The Bertz CT molecular complexity index is 759. The zero-order chi connectivity index (χ0) is 17.9. The SMILES string of the molecule is Cc1cc(C)c(C(C)NC(=O)COc2ccc(Cl)cc2Cl)cc1C. The highest BCUT2D eigenvalue weighted by atomic mass is 35.5. The van der Waals surface area contributed by atoms with E-state index in [1.165, 1.54) is 11.1 Å². The van der Waals surface area contributed by atoms with Crippen LogP contribution in [-0.4, -0.2) is 12.5 Å². The van der Waals surface area contributed by atoms with Crippen molar-refractivity contribution in [3.05, 3.63) is 62.6 Å². The third-order valence-corrected chi connectivity index (χ3v) is 4.51. The lowest BCUT2D eigenvalue weighted by Gasteiger charge is -2.18. The Kier molecular flexibility index (Phi) is 6.14. The van der Waals surface area contributed by atoms with Gasteiger partial charge in [0.1, 0.15) is 5.75 Å². The van der Waals surface area contributed by atoms with Gasteiger partial charge in [0.2, 0.25) is 0 Å². The molecule has 0 aromatic heterocycles. The highest BCUT2D eigenvalue weighted by Gasteiger charge is 2.14. The minimum absolute atomic E-state index is 0.0962. The number of carbonyl (C=O) groups is 1. The zero-order valence-corrected chi connectivity index (χ0v) is 15.8. The van der Waals surface area contributed by atoms with Gasteiger partial charge in [0.15, 0.2) is 6.61 Å². The molecule has 1 N–H and O–H groups in total. The molecule has 0 heterocycles. The van der Waals surface area contributed by atoms with Gasteiger partial charge in [-0.15, -0.1) is 0 Å². The van der Waals surface area contributed by atoms with Crippen LogP contribution >= 0.6 is 23.2 Å². The third kappa shape index (κ3) is 4.65. The molecule has 1 atom stereocenters. The van der Waals surface area contributed by atoms with E-state index in [-0.39, 0.29) is 18.6 Å². The van der Waals surface area contributed by atoms with Crippen LogP contribution in [0.15, 0.2) is 30.3 Å². The van der Waals surface area contributed by atoms with Crippen molar-refractivity contribution in [3.63, 3.8) is 0 Å². The third-order valence-electron chi connectivity index (χ3n) is 3.98. The number of halogens is 2. The number of ether oxygens (including phenoxy) is 1. The van der Waals surface area contributed by atoms with Crippen molar-refractivity contribution < 1.29 is 9.53 Å². The van der Waals surface area contributed by atoms with Crippen molar-refractivity contribution in [2.45, 2.75) is 33.7 Å². The minimum Gasteiger partial charge on any atom is -0.482 e. The first-order valence-electron chi connectivity index (χ1n) is 7.73. The Hall–Kier alpha value is -1.71. The molecule has 0 radical (unpaired) electrons.